The molecule has 9 rings (SSSR count). The van der Waals surface area contributed by atoms with Gasteiger partial charge in [-0.3, -0.25) is 0 Å². The van der Waals surface area contributed by atoms with Crippen molar-refractivity contribution < 1.29 is 0 Å². The predicted octanol–water partition coefficient (Wildman–Crippen LogP) is 8.17. The Bertz CT molecular complexity index is 2030. The number of para-hydroxylation sites is 1. The molecule has 0 N–H and O–H groups in total. The Morgan fingerprint density at radius 3 is 1.78 bits per heavy atom. The summed E-state index contributed by atoms with van der Waals surface area (Å²) in [4.78, 5) is 5.13. The van der Waals surface area contributed by atoms with Crippen LogP contribution in [-0.2, 0) is 0 Å². The van der Waals surface area contributed by atoms with Crippen LogP contribution < -0.4 is 4.72 Å². The highest BCUT2D eigenvalue weighted by molar-refractivity contribution is 6.99. The van der Waals surface area contributed by atoms with Crippen molar-refractivity contribution in [2.75, 3.05) is 4.72 Å². The summed E-state index contributed by atoms with van der Waals surface area (Å²) in [5.74, 6) is 7.13. The van der Waals surface area contributed by atoms with Gasteiger partial charge in [0.25, 0.3) is 0 Å². The van der Waals surface area contributed by atoms with Crippen LogP contribution in [-0.4, -0.2) is 35.4 Å². The Balaban J connectivity index is 1.17. The van der Waals surface area contributed by atoms with E-state index in [-0.39, 0.29) is 20.9 Å². The minimum absolute atomic E-state index is 0.0159. The molecule has 0 saturated carbocycles. The van der Waals surface area contributed by atoms with Crippen LogP contribution in [0.15, 0.2) is 170 Å². The van der Waals surface area contributed by atoms with Gasteiger partial charge in [0.05, 0.1) is 11.4 Å². The van der Waals surface area contributed by atoms with Gasteiger partial charge in [0, 0.05) is 16.8 Å². The van der Waals surface area contributed by atoms with Gasteiger partial charge in [0.2, 0.25) is 0 Å². The maximum absolute atomic E-state index is 5.13. The number of aromatic nitrogens is 1. The summed E-state index contributed by atoms with van der Waals surface area (Å²) in [7, 11) is 0. The van der Waals surface area contributed by atoms with Crippen LogP contribution in [0.25, 0.3) is 39.7 Å². The van der Waals surface area contributed by atoms with Crippen LogP contribution in [0.4, 0.5) is 5.69 Å². The zero-order valence-electron chi connectivity index (χ0n) is 25.3. The topological polar surface area (TPSA) is 22.6 Å². The van der Waals surface area contributed by atoms with Crippen LogP contribution in [0.5, 0.6) is 0 Å². The van der Waals surface area contributed by atoms with Gasteiger partial charge in [0.15, 0.2) is 0 Å². The summed E-state index contributed by atoms with van der Waals surface area (Å²) in [5, 5.41) is 0. The highest BCUT2D eigenvalue weighted by Gasteiger charge is 2.52. The molecule has 0 amide bonds. The molecule has 4 aliphatic rings. The summed E-state index contributed by atoms with van der Waals surface area (Å²) in [6, 6.07) is 44.8. The van der Waals surface area contributed by atoms with Gasteiger partial charge in [-0.25, -0.2) is 4.98 Å². The summed E-state index contributed by atoms with van der Waals surface area (Å²) >= 11 is 0. The van der Waals surface area contributed by atoms with E-state index in [9.17, 15) is 0 Å². The second-order valence-electron chi connectivity index (χ2n) is 12.1. The lowest BCUT2D eigenvalue weighted by atomic mass is 9.40. The second kappa shape index (κ2) is 11.0. The van der Waals surface area contributed by atoms with E-state index < -0.39 is 0 Å². The molecule has 5 aromatic rings. The Kier molecular flexibility index (Phi) is 6.41. The molecule has 214 valence electrons. The van der Waals surface area contributed by atoms with E-state index >= 15 is 0 Å². The van der Waals surface area contributed by atoms with Crippen molar-refractivity contribution in [1.29, 1.82) is 0 Å². The van der Waals surface area contributed by atoms with Gasteiger partial charge in [-0.2, -0.15) is 0 Å². The number of hydrogen-bond donors (Lipinski definition) is 0. The minimum Gasteiger partial charge on any atom is -0.423 e. The predicted molar refractivity (Wildman–Crippen MR) is 195 cm³/mol. The second-order valence-corrected chi connectivity index (χ2v) is 12.1. The molecule has 4 nitrogen and oxygen atoms in total. The van der Waals surface area contributed by atoms with E-state index in [1.54, 1.807) is 0 Å². The molecule has 7 heteroatoms. The first kappa shape index (κ1) is 26.7. The van der Waals surface area contributed by atoms with Crippen LogP contribution >= 0.6 is 0 Å². The van der Waals surface area contributed by atoms with E-state index in [0.29, 0.717) is 0 Å². The number of nitrogens with zero attached hydrogens (tertiary/aromatic N) is 4. The van der Waals surface area contributed by atoms with Gasteiger partial charge in [-0.1, -0.05) is 139 Å². The maximum atomic E-state index is 5.13. The molecular formula is C39H29B3N4. The molecule has 0 atom stereocenters. The molecule has 46 heavy (non-hydrogen) atoms. The van der Waals surface area contributed by atoms with Crippen LogP contribution in [0.3, 0.4) is 0 Å². The Hall–Kier alpha value is -5.68. The molecule has 4 aliphatic heterocycles. The van der Waals surface area contributed by atoms with Crippen LogP contribution in [0.2, 0.25) is 0 Å². The number of pyridine rings is 1. The summed E-state index contributed by atoms with van der Waals surface area (Å²) in [5.41, 5.74) is 11.4. The molecule has 0 aliphatic carbocycles. The zero-order chi connectivity index (χ0) is 30.5. The van der Waals surface area contributed by atoms with Crippen LogP contribution in [0.1, 0.15) is 16.7 Å². The number of rotatable bonds is 4. The van der Waals surface area contributed by atoms with Crippen molar-refractivity contribution in [1.82, 2.24) is 14.4 Å². The average Bonchev–Trinajstić information content (AvgIpc) is 3.15. The average molecular weight is 586 g/mol. The molecule has 0 spiro atoms. The van der Waals surface area contributed by atoms with Gasteiger partial charge < -0.3 is 14.2 Å². The lowest BCUT2D eigenvalue weighted by molar-refractivity contribution is 0.729. The lowest BCUT2D eigenvalue weighted by Crippen LogP contribution is -2.75. The number of anilines is 1. The number of benzene rings is 4. The first-order valence-electron chi connectivity index (χ1n) is 15.9. The fraction of sp³-hybridized carbons (Fsp3) is 0. The zero-order valence-corrected chi connectivity index (χ0v) is 25.3. The molecule has 4 aromatic carbocycles. The molecule has 0 unspecified atom stereocenters. The van der Waals surface area contributed by atoms with E-state index in [1.165, 1.54) is 28.0 Å². The van der Waals surface area contributed by atoms with Crippen molar-refractivity contribution in [2.24, 2.45) is 0 Å². The smallest absolute Gasteiger partial charge is 0.381 e. The van der Waals surface area contributed by atoms with E-state index in [2.05, 4.69) is 190 Å². The van der Waals surface area contributed by atoms with Crippen molar-refractivity contribution in [3.63, 3.8) is 0 Å². The van der Waals surface area contributed by atoms with Gasteiger partial charge >= 0.3 is 20.9 Å². The summed E-state index contributed by atoms with van der Waals surface area (Å²) in [6.45, 7) is 0.160. The quantitative estimate of drug-likeness (QED) is 0.198. The van der Waals surface area contributed by atoms with Crippen molar-refractivity contribution >= 4 is 43.9 Å². The molecule has 0 bridgehead atoms. The Morgan fingerprint density at radius 2 is 1.09 bits per heavy atom. The maximum Gasteiger partial charge on any atom is 0.381 e. The Morgan fingerprint density at radius 1 is 0.478 bits per heavy atom. The van der Waals surface area contributed by atoms with Crippen molar-refractivity contribution in [3.8, 4) is 22.5 Å². The molecule has 0 radical (unpaired) electrons. The van der Waals surface area contributed by atoms with Crippen LogP contribution in [0, 0.1) is 0 Å². The monoisotopic (exact) mass is 586 g/mol. The number of fused-ring (bicyclic) bond motifs is 8. The molecule has 1 saturated heterocycles. The third-order valence-electron chi connectivity index (χ3n) is 9.35. The third kappa shape index (κ3) is 4.55. The first-order chi connectivity index (χ1) is 22.8. The van der Waals surface area contributed by atoms with E-state index in [0.717, 1.165) is 28.1 Å². The Labute approximate surface area is 271 Å². The molecule has 1 fully saturated rings. The third-order valence-corrected chi connectivity index (χ3v) is 9.35. The molecular weight excluding hydrogens is 557 g/mol. The molecule has 5 heterocycles. The van der Waals surface area contributed by atoms with Gasteiger partial charge in [0.1, 0.15) is 0 Å². The minimum atomic E-state index is 0.0159. The summed E-state index contributed by atoms with van der Waals surface area (Å²) in [6.07, 6.45) is 11.4. The summed E-state index contributed by atoms with van der Waals surface area (Å²) < 4.78 is 7.52. The fourth-order valence-electron chi connectivity index (χ4n) is 7.12. The van der Waals surface area contributed by atoms with Gasteiger partial charge in [-0.05, 0) is 64.5 Å². The highest BCUT2D eigenvalue weighted by Crippen LogP contribution is 2.39. The first-order valence-corrected chi connectivity index (χ1v) is 15.9. The SMILES string of the molecule is C1=CC(c2ccccc2)=CN2B1N1C=CC(c3cc(-c4ccccc4)nc(-c4ccccc4)c3)=CB1N1B2C=Cc2ccccc21. The van der Waals surface area contributed by atoms with Gasteiger partial charge in [-0.15, -0.1) is 0 Å². The van der Waals surface area contributed by atoms with Crippen molar-refractivity contribution in [3.05, 3.63) is 187 Å². The lowest BCUT2D eigenvalue weighted by Gasteiger charge is -2.55. The van der Waals surface area contributed by atoms with Crippen molar-refractivity contribution in [2.45, 2.75) is 0 Å². The van der Waals surface area contributed by atoms with E-state index in [1.807, 2.05) is 0 Å². The number of allylic oxidation sites excluding steroid dienone is 4. The normalized spacial score (nSPS) is 16.0. The van der Waals surface area contributed by atoms with E-state index in [4.69, 9.17) is 4.98 Å². The molecule has 1 aromatic heterocycles. The largest absolute Gasteiger partial charge is 0.423 e. The highest BCUT2D eigenvalue weighted by atomic mass is 15.3. The standard InChI is InChI=1S/C39H29B3N4/c1-4-12-30(13-5-1)35-21-23-40-44-25-22-34(28-42(44)46-39-19-11-10-18-33(39)20-24-41(46)45(40)29-35)36-26-37(31-14-6-2-7-15-31)43-38(27-36)32-16-8-3-9-17-32/h1-29H. The number of hydrogen-bond acceptors (Lipinski definition) is 4. The fourth-order valence-corrected chi connectivity index (χ4v) is 7.12.